The maximum atomic E-state index is 12.4. The summed E-state index contributed by atoms with van der Waals surface area (Å²) in [7, 11) is 0. The SMILES string of the molecule is Cc1nc(C(C)NC(=O)C(C)Cc2cccc(Cl)c2)sc1C(=O)O. The van der Waals surface area contributed by atoms with E-state index >= 15 is 0 Å². The average molecular weight is 367 g/mol. The first-order chi connectivity index (χ1) is 11.3. The van der Waals surface area contributed by atoms with Crippen molar-refractivity contribution in [3.8, 4) is 0 Å². The van der Waals surface area contributed by atoms with Crippen LogP contribution < -0.4 is 5.32 Å². The van der Waals surface area contributed by atoms with Crippen LogP contribution in [0.15, 0.2) is 24.3 Å². The molecule has 2 rings (SSSR count). The van der Waals surface area contributed by atoms with Gasteiger partial charge in [-0.2, -0.15) is 0 Å². The van der Waals surface area contributed by atoms with Gasteiger partial charge >= 0.3 is 5.97 Å². The average Bonchev–Trinajstić information content (AvgIpc) is 2.89. The molecule has 0 aliphatic carbocycles. The molecule has 0 aliphatic heterocycles. The molecule has 2 aromatic rings. The fourth-order valence-corrected chi connectivity index (χ4v) is 3.45. The summed E-state index contributed by atoms with van der Waals surface area (Å²) < 4.78 is 0. The lowest BCUT2D eigenvalue weighted by atomic mass is 10.00. The zero-order valence-corrected chi connectivity index (χ0v) is 15.2. The van der Waals surface area contributed by atoms with Crippen molar-refractivity contribution in [3.05, 3.63) is 50.4 Å². The molecule has 0 bridgehead atoms. The van der Waals surface area contributed by atoms with Crippen molar-refractivity contribution in [2.45, 2.75) is 33.2 Å². The number of carbonyl (C=O) groups is 2. The van der Waals surface area contributed by atoms with Crippen LogP contribution in [0.25, 0.3) is 0 Å². The quantitative estimate of drug-likeness (QED) is 0.813. The van der Waals surface area contributed by atoms with Gasteiger partial charge in [-0.3, -0.25) is 4.79 Å². The van der Waals surface area contributed by atoms with Crippen LogP contribution in [0.3, 0.4) is 0 Å². The summed E-state index contributed by atoms with van der Waals surface area (Å²) in [6.45, 7) is 5.30. The van der Waals surface area contributed by atoms with Crippen LogP contribution in [0.1, 0.15) is 45.8 Å². The number of aromatic carboxylic acids is 1. The second-order valence-electron chi connectivity index (χ2n) is 5.74. The molecular weight excluding hydrogens is 348 g/mol. The normalized spacial score (nSPS) is 13.3. The number of amides is 1. The first-order valence-electron chi connectivity index (χ1n) is 7.53. The summed E-state index contributed by atoms with van der Waals surface area (Å²) in [5.74, 6) is -1.33. The highest BCUT2D eigenvalue weighted by Gasteiger charge is 2.21. The second kappa shape index (κ2) is 7.77. The first kappa shape index (κ1) is 18.4. The minimum Gasteiger partial charge on any atom is -0.477 e. The number of hydrogen-bond acceptors (Lipinski definition) is 4. The van der Waals surface area contributed by atoms with Gasteiger partial charge in [-0.25, -0.2) is 9.78 Å². The topological polar surface area (TPSA) is 79.3 Å². The molecule has 1 heterocycles. The Kier molecular flexibility index (Phi) is 5.96. The van der Waals surface area contributed by atoms with E-state index in [1.165, 1.54) is 0 Å². The maximum Gasteiger partial charge on any atom is 0.347 e. The van der Waals surface area contributed by atoms with E-state index in [2.05, 4.69) is 10.3 Å². The van der Waals surface area contributed by atoms with Crippen LogP contribution in [0, 0.1) is 12.8 Å². The van der Waals surface area contributed by atoms with Gasteiger partial charge in [0.2, 0.25) is 5.91 Å². The number of halogens is 1. The Morgan fingerprint density at radius 3 is 2.67 bits per heavy atom. The smallest absolute Gasteiger partial charge is 0.347 e. The Labute approximate surface area is 149 Å². The lowest BCUT2D eigenvalue weighted by Crippen LogP contribution is -2.32. The molecule has 0 radical (unpaired) electrons. The Morgan fingerprint density at radius 2 is 2.08 bits per heavy atom. The largest absolute Gasteiger partial charge is 0.477 e. The molecule has 0 saturated carbocycles. The summed E-state index contributed by atoms with van der Waals surface area (Å²) in [6, 6.07) is 7.09. The number of hydrogen-bond donors (Lipinski definition) is 2. The number of carboxylic acids is 1. The van der Waals surface area contributed by atoms with Crippen molar-refractivity contribution in [2.24, 2.45) is 5.92 Å². The highest BCUT2D eigenvalue weighted by atomic mass is 35.5. The van der Waals surface area contributed by atoms with Crippen LogP contribution >= 0.6 is 22.9 Å². The Hall–Kier alpha value is -1.92. The number of nitrogens with one attached hydrogen (secondary N) is 1. The van der Waals surface area contributed by atoms with E-state index in [9.17, 15) is 9.59 Å². The van der Waals surface area contributed by atoms with Gasteiger partial charge in [-0.1, -0.05) is 30.7 Å². The van der Waals surface area contributed by atoms with Gasteiger partial charge in [-0.05, 0) is 38.0 Å². The van der Waals surface area contributed by atoms with Gasteiger partial charge in [0, 0.05) is 10.9 Å². The minimum atomic E-state index is -0.996. The predicted molar refractivity (Wildman–Crippen MR) is 94.7 cm³/mol. The lowest BCUT2D eigenvalue weighted by Gasteiger charge is -2.16. The van der Waals surface area contributed by atoms with E-state index in [4.69, 9.17) is 16.7 Å². The van der Waals surface area contributed by atoms with Crippen molar-refractivity contribution in [1.82, 2.24) is 10.3 Å². The van der Waals surface area contributed by atoms with Crippen LogP contribution in [0.4, 0.5) is 0 Å². The van der Waals surface area contributed by atoms with E-state index in [0.29, 0.717) is 22.1 Å². The monoisotopic (exact) mass is 366 g/mol. The first-order valence-corrected chi connectivity index (χ1v) is 8.72. The highest BCUT2D eigenvalue weighted by molar-refractivity contribution is 7.13. The number of benzene rings is 1. The summed E-state index contributed by atoms with van der Waals surface area (Å²) in [4.78, 5) is 27.9. The second-order valence-corrected chi connectivity index (χ2v) is 7.20. The summed E-state index contributed by atoms with van der Waals surface area (Å²) in [5.41, 5.74) is 1.46. The minimum absolute atomic E-state index is 0.104. The highest BCUT2D eigenvalue weighted by Crippen LogP contribution is 2.24. The number of carbonyl (C=O) groups excluding carboxylic acids is 1. The van der Waals surface area contributed by atoms with Gasteiger partial charge in [0.1, 0.15) is 9.88 Å². The van der Waals surface area contributed by atoms with E-state index in [0.717, 1.165) is 16.9 Å². The van der Waals surface area contributed by atoms with E-state index in [-0.39, 0.29) is 22.7 Å². The zero-order chi connectivity index (χ0) is 17.9. The molecule has 0 fully saturated rings. The van der Waals surface area contributed by atoms with Crippen LogP contribution in [-0.4, -0.2) is 22.0 Å². The third-order valence-electron chi connectivity index (χ3n) is 3.62. The third-order valence-corrected chi connectivity index (χ3v) is 5.18. The molecule has 7 heteroatoms. The fourth-order valence-electron chi connectivity index (χ4n) is 2.33. The Balaban J connectivity index is 2.00. The van der Waals surface area contributed by atoms with Gasteiger partial charge in [0.15, 0.2) is 0 Å². The fraction of sp³-hybridized carbons (Fsp3) is 0.353. The van der Waals surface area contributed by atoms with Gasteiger partial charge in [0.25, 0.3) is 0 Å². The number of aryl methyl sites for hydroxylation is 1. The van der Waals surface area contributed by atoms with Crippen LogP contribution in [0.5, 0.6) is 0 Å². The number of aromatic nitrogens is 1. The van der Waals surface area contributed by atoms with Crippen molar-refractivity contribution >= 4 is 34.8 Å². The number of thiazole rings is 1. The van der Waals surface area contributed by atoms with E-state index in [1.54, 1.807) is 19.9 Å². The van der Waals surface area contributed by atoms with Crippen LogP contribution in [0.2, 0.25) is 5.02 Å². The predicted octanol–water partition coefficient (Wildman–Crippen LogP) is 3.86. The van der Waals surface area contributed by atoms with Gasteiger partial charge in [-0.15, -0.1) is 11.3 Å². The Bertz CT molecular complexity index is 760. The zero-order valence-electron chi connectivity index (χ0n) is 13.7. The maximum absolute atomic E-state index is 12.4. The standard InChI is InChI=1S/C17H19ClN2O3S/c1-9(7-12-5-4-6-13(18)8-12)15(21)19-11(3)16-20-10(2)14(24-16)17(22)23/h4-6,8-9,11H,7H2,1-3H3,(H,19,21)(H,22,23). The molecule has 5 nitrogen and oxygen atoms in total. The summed E-state index contributed by atoms with van der Waals surface area (Å²) in [5, 5.41) is 13.2. The molecule has 128 valence electrons. The van der Waals surface area contributed by atoms with E-state index in [1.807, 2.05) is 25.1 Å². The van der Waals surface area contributed by atoms with Crippen LogP contribution in [-0.2, 0) is 11.2 Å². The van der Waals surface area contributed by atoms with Crippen molar-refractivity contribution < 1.29 is 14.7 Å². The molecule has 1 amide bonds. The third kappa shape index (κ3) is 4.55. The molecule has 24 heavy (non-hydrogen) atoms. The number of carboxylic acid groups (broad SMARTS) is 1. The molecule has 1 aromatic carbocycles. The molecule has 1 aromatic heterocycles. The molecule has 2 N–H and O–H groups in total. The summed E-state index contributed by atoms with van der Waals surface area (Å²) in [6.07, 6.45) is 0.580. The van der Waals surface area contributed by atoms with E-state index < -0.39 is 5.97 Å². The molecule has 0 aliphatic rings. The molecule has 2 unspecified atom stereocenters. The molecule has 0 saturated heterocycles. The van der Waals surface area contributed by atoms with Gasteiger partial charge < -0.3 is 10.4 Å². The lowest BCUT2D eigenvalue weighted by molar-refractivity contribution is -0.125. The van der Waals surface area contributed by atoms with Crippen molar-refractivity contribution in [1.29, 1.82) is 0 Å². The van der Waals surface area contributed by atoms with Crippen molar-refractivity contribution in [3.63, 3.8) is 0 Å². The molecule has 2 atom stereocenters. The number of nitrogens with zero attached hydrogens (tertiary/aromatic N) is 1. The van der Waals surface area contributed by atoms with Gasteiger partial charge in [0.05, 0.1) is 11.7 Å². The Morgan fingerprint density at radius 1 is 1.38 bits per heavy atom. The molecule has 0 spiro atoms. The number of rotatable bonds is 6. The van der Waals surface area contributed by atoms with Crippen molar-refractivity contribution in [2.75, 3.05) is 0 Å². The molecular formula is C17H19ClN2O3S. The summed E-state index contributed by atoms with van der Waals surface area (Å²) >= 11 is 7.05.